The monoisotopic (exact) mass is 406 g/mol. The summed E-state index contributed by atoms with van der Waals surface area (Å²) in [7, 11) is 1.32. The summed E-state index contributed by atoms with van der Waals surface area (Å²) in [5, 5.41) is 3.30. The zero-order chi connectivity index (χ0) is 20.5. The Kier molecular flexibility index (Phi) is 5.57. The molecule has 2 saturated heterocycles. The molecule has 4 heterocycles. The third-order valence-corrected chi connectivity index (χ3v) is 6.31. The molecule has 0 saturated carbocycles. The number of alkyl halides is 2. The van der Waals surface area contributed by atoms with Crippen molar-refractivity contribution in [2.75, 3.05) is 51.7 Å². The smallest absolute Gasteiger partial charge is 0.330 e. The molecule has 3 aliphatic heterocycles. The zero-order valence-electron chi connectivity index (χ0n) is 16.8. The maximum absolute atomic E-state index is 15.0. The number of aromatic nitrogens is 1. The van der Waals surface area contributed by atoms with Crippen LogP contribution >= 0.6 is 0 Å². The average molecular weight is 406 g/mol. The molecule has 0 unspecified atom stereocenters. The summed E-state index contributed by atoms with van der Waals surface area (Å²) in [5.74, 6) is -2.26. The summed E-state index contributed by atoms with van der Waals surface area (Å²) in [4.78, 5) is 19.5. The number of halogens is 2. The number of methoxy groups -OCH3 is 1. The number of carbonyl (C=O) groups excluding carboxylic acids is 1. The highest BCUT2D eigenvalue weighted by Crippen LogP contribution is 2.50. The van der Waals surface area contributed by atoms with Crippen molar-refractivity contribution in [1.29, 1.82) is 0 Å². The number of rotatable bonds is 5. The van der Waals surface area contributed by atoms with Crippen LogP contribution in [0.25, 0.3) is 0 Å². The van der Waals surface area contributed by atoms with E-state index in [-0.39, 0.29) is 6.54 Å². The van der Waals surface area contributed by atoms with Gasteiger partial charge in [-0.25, -0.2) is 18.6 Å². The Bertz CT molecular complexity index is 793. The fourth-order valence-corrected chi connectivity index (χ4v) is 4.60. The van der Waals surface area contributed by atoms with Gasteiger partial charge in [0, 0.05) is 38.8 Å². The molecule has 1 aromatic rings. The first kappa shape index (κ1) is 20.2. The van der Waals surface area contributed by atoms with Crippen LogP contribution in [0.1, 0.15) is 24.1 Å². The molecule has 1 aromatic heterocycles. The standard InChI is InChI=1S/C21H28F2N4O2/c1-29-18(28)5-3-10-27-13-20(14-27)8-11-26(15-21(20,22)23)12-17-7-6-16-4-2-9-24-19(16)25-17/h3,5-7H,2,4,8-15H2,1H3,(H,24,25)/b5-3+. The second-order valence-electron chi connectivity index (χ2n) is 8.38. The van der Waals surface area contributed by atoms with E-state index in [1.165, 1.54) is 18.7 Å². The first-order chi connectivity index (χ1) is 13.9. The van der Waals surface area contributed by atoms with Gasteiger partial charge in [0.15, 0.2) is 0 Å². The number of fused-ring (bicyclic) bond motifs is 1. The molecule has 0 aliphatic carbocycles. The lowest BCUT2D eigenvalue weighted by Gasteiger charge is -2.57. The molecule has 0 radical (unpaired) electrons. The molecule has 1 spiro atoms. The van der Waals surface area contributed by atoms with Crippen molar-refractivity contribution in [3.05, 3.63) is 35.5 Å². The van der Waals surface area contributed by atoms with Crippen molar-refractivity contribution in [1.82, 2.24) is 14.8 Å². The fourth-order valence-electron chi connectivity index (χ4n) is 4.60. The van der Waals surface area contributed by atoms with Crippen LogP contribution in [0.2, 0.25) is 0 Å². The number of nitrogens with zero attached hydrogens (tertiary/aromatic N) is 3. The van der Waals surface area contributed by atoms with Gasteiger partial charge >= 0.3 is 5.97 Å². The van der Waals surface area contributed by atoms with Crippen LogP contribution in [0.5, 0.6) is 0 Å². The lowest BCUT2D eigenvalue weighted by atomic mass is 9.69. The summed E-state index contributed by atoms with van der Waals surface area (Å²) in [5.41, 5.74) is 1.10. The van der Waals surface area contributed by atoms with Crippen molar-refractivity contribution in [3.63, 3.8) is 0 Å². The van der Waals surface area contributed by atoms with Crippen molar-refractivity contribution < 1.29 is 18.3 Å². The number of anilines is 1. The third kappa shape index (κ3) is 4.14. The van der Waals surface area contributed by atoms with Crippen LogP contribution in [0, 0.1) is 5.41 Å². The summed E-state index contributed by atoms with van der Waals surface area (Å²) in [6, 6.07) is 4.03. The predicted octanol–water partition coefficient (Wildman–Crippen LogP) is 2.31. The van der Waals surface area contributed by atoms with Gasteiger partial charge in [0.25, 0.3) is 5.92 Å². The number of carbonyl (C=O) groups is 1. The SMILES string of the molecule is COC(=O)/C=C/CN1CC2(CCN(Cc3ccc4c(n3)NCCC4)CC2(F)F)C1. The van der Waals surface area contributed by atoms with Gasteiger partial charge in [-0.05, 0) is 37.4 Å². The highest BCUT2D eigenvalue weighted by molar-refractivity contribution is 5.81. The average Bonchev–Trinajstić information content (AvgIpc) is 2.67. The maximum atomic E-state index is 15.0. The van der Waals surface area contributed by atoms with Gasteiger partial charge in [0.2, 0.25) is 0 Å². The van der Waals surface area contributed by atoms with Crippen LogP contribution in [0.3, 0.4) is 0 Å². The third-order valence-electron chi connectivity index (χ3n) is 6.31. The summed E-state index contributed by atoms with van der Waals surface area (Å²) < 4.78 is 34.6. The van der Waals surface area contributed by atoms with Crippen molar-refractivity contribution in [2.24, 2.45) is 5.41 Å². The van der Waals surface area contributed by atoms with Crippen LogP contribution in [0.4, 0.5) is 14.6 Å². The van der Waals surface area contributed by atoms with Gasteiger partial charge in [0.05, 0.1) is 24.8 Å². The number of hydrogen-bond donors (Lipinski definition) is 1. The molecule has 158 valence electrons. The minimum atomic E-state index is -2.74. The Morgan fingerprint density at radius 1 is 1.31 bits per heavy atom. The molecule has 1 N–H and O–H groups in total. The topological polar surface area (TPSA) is 57.7 Å². The summed E-state index contributed by atoms with van der Waals surface area (Å²) in [6.07, 6.45) is 5.60. The minimum Gasteiger partial charge on any atom is -0.466 e. The van der Waals surface area contributed by atoms with Crippen LogP contribution in [0.15, 0.2) is 24.3 Å². The minimum absolute atomic E-state index is 0.231. The molecule has 3 aliphatic rings. The molecule has 0 amide bonds. The second kappa shape index (κ2) is 7.99. The molecule has 8 heteroatoms. The van der Waals surface area contributed by atoms with E-state index in [4.69, 9.17) is 0 Å². The van der Waals surface area contributed by atoms with E-state index in [0.29, 0.717) is 39.1 Å². The fraction of sp³-hybridized carbons (Fsp3) is 0.619. The number of nitrogens with one attached hydrogen (secondary N) is 1. The molecule has 0 aromatic carbocycles. The quantitative estimate of drug-likeness (QED) is 0.598. The number of ether oxygens (including phenoxy) is 1. The first-order valence-corrected chi connectivity index (χ1v) is 10.2. The van der Waals surface area contributed by atoms with E-state index < -0.39 is 17.3 Å². The Morgan fingerprint density at radius 2 is 2.14 bits per heavy atom. The molecule has 6 nitrogen and oxygen atoms in total. The lowest BCUT2D eigenvalue weighted by molar-refractivity contribution is -0.223. The van der Waals surface area contributed by atoms with Crippen LogP contribution in [-0.2, 0) is 22.5 Å². The van der Waals surface area contributed by atoms with Gasteiger partial charge < -0.3 is 10.1 Å². The number of piperidine rings is 1. The summed E-state index contributed by atoms with van der Waals surface area (Å²) >= 11 is 0. The van der Waals surface area contributed by atoms with Crippen molar-refractivity contribution in [2.45, 2.75) is 31.7 Å². The maximum Gasteiger partial charge on any atom is 0.330 e. The Labute approximate surface area is 169 Å². The Hall–Kier alpha value is -2.06. The molecular formula is C21H28F2N4O2. The molecular weight excluding hydrogens is 378 g/mol. The summed E-state index contributed by atoms with van der Waals surface area (Å²) in [6.45, 7) is 2.99. The van der Waals surface area contributed by atoms with Gasteiger partial charge in [-0.1, -0.05) is 12.1 Å². The number of aryl methyl sites for hydroxylation is 1. The van der Waals surface area contributed by atoms with Gasteiger partial charge in [-0.2, -0.15) is 0 Å². The number of likely N-dealkylation sites (tertiary alicyclic amines) is 2. The van der Waals surface area contributed by atoms with Gasteiger partial charge in [0.1, 0.15) is 5.82 Å². The van der Waals surface area contributed by atoms with E-state index >= 15 is 8.78 Å². The number of hydrogen-bond acceptors (Lipinski definition) is 6. The Morgan fingerprint density at radius 3 is 2.90 bits per heavy atom. The van der Waals surface area contributed by atoms with E-state index in [9.17, 15) is 4.79 Å². The molecule has 29 heavy (non-hydrogen) atoms. The molecule has 2 fully saturated rings. The van der Waals surface area contributed by atoms with E-state index in [1.807, 2.05) is 15.9 Å². The highest BCUT2D eigenvalue weighted by Gasteiger charge is 2.62. The van der Waals surface area contributed by atoms with E-state index in [1.54, 1.807) is 6.08 Å². The second-order valence-corrected chi connectivity index (χ2v) is 8.38. The van der Waals surface area contributed by atoms with E-state index in [0.717, 1.165) is 30.9 Å². The van der Waals surface area contributed by atoms with Crippen LogP contribution < -0.4 is 5.32 Å². The van der Waals surface area contributed by atoms with E-state index in [2.05, 4.69) is 21.1 Å². The first-order valence-electron chi connectivity index (χ1n) is 10.2. The lowest BCUT2D eigenvalue weighted by Crippen LogP contribution is -2.69. The molecule has 0 atom stereocenters. The molecule has 4 rings (SSSR count). The predicted molar refractivity (Wildman–Crippen MR) is 106 cm³/mol. The van der Waals surface area contributed by atoms with Crippen molar-refractivity contribution in [3.8, 4) is 0 Å². The van der Waals surface area contributed by atoms with Crippen molar-refractivity contribution >= 4 is 11.8 Å². The molecule has 0 bridgehead atoms. The zero-order valence-corrected chi connectivity index (χ0v) is 16.8. The number of pyridine rings is 1. The Balaban J connectivity index is 1.32. The number of esters is 1. The van der Waals surface area contributed by atoms with Gasteiger partial charge in [-0.3, -0.25) is 9.80 Å². The van der Waals surface area contributed by atoms with Gasteiger partial charge in [-0.15, -0.1) is 0 Å². The normalized spacial score (nSPS) is 23.4. The van der Waals surface area contributed by atoms with Crippen LogP contribution in [-0.4, -0.2) is 73.1 Å². The highest BCUT2D eigenvalue weighted by atomic mass is 19.3. The largest absolute Gasteiger partial charge is 0.466 e.